The molecule has 1 heterocycles. The number of esters is 1. The number of hydrogen-bond donors (Lipinski definition) is 2. The molecule has 0 bridgehead atoms. The van der Waals surface area contributed by atoms with Gasteiger partial charge in [-0.1, -0.05) is 11.8 Å². The number of H-pyrrole nitrogens is 1. The van der Waals surface area contributed by atoms with Crippen LogP contribution in [0.4, 0.5) is 0 Å². The van der Waals surface area contributed by atoms with Gasteiger partial charge in [0.15, 0.2) is 5.69 Å². The van der Waals surface area contributed by atoms with E-state index in [0.717, 1.165) is 13.0 Å². The molecule has 5 nitrogen and oxygen atoms in total. The second-order valence-electron chi connectivity index (χ2n) is 2.81. The van der Waals surface area contributed by atoms with Gasteiger partial charge in [-0.2, -0.15) is 5.10 Å². The van der Waals surface area contributed by atoms with Crippen LogP contribution in [0.25, 0.3) is 0 Å². The van der Waals surface area contributed by atoms with E-state index in [-0.39, 0.29) is 0 Å². The Morgan fingerprint density at radius 2 is 2.53 bits per heavy atom. The number of aromatic amines is 1. The summed E-state index contributed by atoms with van der Waals surface area (Å²) in [6, 6.07) is 0. The lowest BCUT2D eigenvalue weighted by atomic mass is 10.2. The van der Waals surface area contributed by atoms with Gasteiger partial charge in [-0.15, -0.1) is 0 Å². The Labute approximate surface area is 88.2 Å². The molecule has 0 saturated carbocycles. The van der Waals surface area contributed by atoms with Crippen LogP contribution in [0.5, 0.6) is 0 Å². The van der Waals surface area contributed by atoms with Gasteiger partial charge in [-0.05, 0) is 7.05 Å². The lowest BCUT2D eigenvalue weighted by Crippen LogP contribution is -2.06. The van der Waals surface area contributed by atoms with Crippen molar-refractivity contribution < 1.29 is 9.53 Å². The van der Waals surface area contributed by atoms with Crippen molar-refractivity contribution in [3.05, 3.63) is 17.5 Å². The van der Waals surface area contributed by atoms with Crippen LogP contribution in [-0.4, -0.2) is 36.9 Å². The molecular formula is C10H13N3O2. The van der Waals surface area contributed by atoms with Crippen molar-refractivity contribution in [1.82, 2.24) is 15.5 Å². The number of carbonyl (C=O) groups is 1. The molecule has 0 radical (unpaired) electrons. The van der Waals surface area contributed by atoms with Gasteiger partial charge >= 0.3 is 5.97 Å². The Kier molecular flexibility index (Phi) is 4.38. The number of aromatic nitrogens is 2. The summed E-state index contributed by atoms with van der Waals surface area (Å²) in [5.41, 5.74) is 0.868. The van der Waals surface area contributed by atoms with Gasteiger partial charge in [-0.25, -0.2) is 4.79 Å². The minimum Gasteiger partial charge on any atom is -0.464 e. The van der Waals surface area contributed by atoms with Gasteiger partial charge in [0.05, 0.1) is 18.9 Å². The lowest BCUT2D eigenvalue weighted by molar-refractivity contribution is 0.0593. The van der Waals surface area contributed by atoms with E-state index < -0.39 is 5.97 Å². The summed E-state index contributed by atoms with van der Waals surface area (Å²) in [5.74, 6) is 5.33. The molecule has 15 heavy (non-hydrogen) atoms. The summed E-state index contributed by atoms with van der Waals surface area (Å²) in [7, 11) is 3.18. The summed E-state index contributed by atoms with van der Waals surface area (Å²) >= 11 is 0. The number of nitrogens with one attached hydrogen (secondary N) is 2. The van der Waals surface area contributed by atoms with Crippen molar-refractivity contribution in [1.29, 1.82) is 0 Å². The Morgan fingerprint density at radius 1 is 1.73 bits per heavy atom. The van der Waals surface area contributed by atoms with E-state index in [2.05, 4.69) is 32.1 Å². The molecule has 0 aliphatic rings. The highest BCUT2D eigenvalue weighted by Crippen LogP contribution is 2.03. The zero-order valence-electron chi connectivity index (χ0n) is 8.76. The molecule has 1 aromatic heterocycles. The first-order valence-corrected chi connectivity index (χ1v) is 4.54. The maximum Gasteiger partial charge on any atom is 0.357 e. The standard InChI is InChI=1S/C10H13N3O2/c1-11-6-4-3-5-8-7-12-13-9(8)10(14)15-2/h7,11H,4,6H2,1-2H3,(H,12,13). The highest BCUT2D eigenvalue weighted by Gasteiger charge is 2.11. The predicted molar refractivity (Wildman–Crippen MR) is 55.3 cm³/mol. The van der Waals surface area contributed by atoms with Crippen LogP contribution in [-0.2, 0) is 4.74 Å². The quantitative estimate of drug-likeness (QED) is 0.421. The molecule has 0 unspecified atom stereocenters. The molecule has 1 rings (SSSR count). The molecule has 1 aromatic rings. The van der Waals surface area contributed by atoms with Gasteiger partial charge in [0.25, 0.3) is 0 Å². The van der Waals surface area contributed by atoms with Crippen molar-refractivity contribution in [2.45, 2.75) is 6.42 Å². The van der Waals surface area contributed by atoms with Gasteiger partial charge < -0.3 is 10.1 Å². The molecule has 80 valence electrons. The Morgan fingerprint density at radius 3 is 3.20 bits per heavy atom. The summed E-state index contributed by atoms with van der Waals surface area (Å²) in [5, 5.41) is 9.28. The topological polar surface area (TPSA) is 67.0 Å². The fraction of sp³-hybridized carbons (Fsp3) is 0.400. The van der Waals surface area contributed by atoms with Gasteiger partial charge in [0, 0.05) is 13.0 Å². The van der Waals surface area contributed by atoms with Crippen molar-refractivity contribution in [3.63, 3.8) is 0 Å². The van der Waals surface area contributed by atoms with E-state index in [1.807, 2.05) is 7.05 Å². The molecule has 0 aliphatic heterocycles. The minimum atomic E-state index is -0.453. The second-order valence-corrected chi connectivity index (χ2v) is 2.81. The summed E-state index contributed by atoms with van der Waals surface area (Å²) in [4.78, 5) is 11.2. The monoisotopic (exact) mass is 207 g/mol. The summed E-state index contributed by atoms with van der Waals surface area (Å²) in [6.07, 6.45) is 2.24. The molecule has 5 heteroatoms. The van der Waals surface area contributed by atoms with E-state index in [1.165, 1.54) is 13.3 Å². The average Bonchev–Trinajstić information content (AvgIpc) is 2.71. The Bertz CT molecular complexity index is 387. The highest BCUT2D eigenvalue weighted by molar-refractivity contribution is 5.89. The molecule has 0 fully saturated rings. The van der Waals surface area contributed by atoms with Crippen LogP contribution in [0, 0.1) is 11.8 Å². The highest BCUT2D eigenvalue weighted by atomic mass is 16.5. The molecular weight excluding hydrogens is 194 g/mol. The van der Waals surface area contributed by atoms with Crippen LogP contribution < -0.4 is 5.32 Å². The molecule has 0 saturated heterocycles. The zero-order chi connectivity index (χ0) is 11.1. The maximum atomic E-state index is 11.2. The van der Waals surface area contributed by atoms with E-state index in [9.17, 15) is 4.79 Å². The first-order chi connectivity index (χ1) is 7.29. The summed E-state index contributed by atoms with van der Waals surface area (Å²) in [6.45, 7) is 0.818. The minimum absolute atomic E-state index is 0.300. The van der Waals surface area contributed by atoms with E-state index in [0.29, 0.717) is 11.3 Å². The lowest BCUT2D eigenvalue weighted by Gasteiger charge is -1.94. The maximum absolute atomic E-state index is 11.2. The number of ether oxygens (including phenoxy) is 1. The number of nitrogens with zero attached hydrogens (tertiary/aromatic N) is 1. The van der Waals surface area contributed by atoms with Crippen LogP contribution in [0.3, 0.4) is 0 Å². The van der Waals surface area contributed by atoms with E-state index in [4.69, 9.17) is 0 Å². The van der Waals surface area contributed by atoms with Crippen LogP contribution in [0.15, 0.2) is 6.20 Å². The average molecular weight is 207 g/mol. The fourth-order valence-electron chi connectivity index (χ4n) is 0.984. The Balaban J connectivity index is 2.71. The zero-order valence-corrected chi connectivity index (χ0v) is 8.76. The molecule has 0 aromatic carbocycles. The SMILES string of the molecule is CNCCC#Cc1cn[nH]c1C(=O)OC. The predicted octanol–water partition coefficient (Wildman–Crippen LogP) is 0.157. The van der Waals surface area contributed by atoms with Crippen molar-refractivity contribution >= 4 is 5.97 Å². The van der Waals surface area contributed by atoms with Crippen molar-refractivity contribution in [3.8, 4) is 11.8 Å². The van der Waals surface area contributed by atoms with E-state index in [1.54, 1.807) is 0 Å². The second kappa shape index (κ2) is 5.83. The first-order valence-electron chi connectivity index (χ1n) is 4.54. The normalized spacial score (nSPS) is 9.20. The van der Waals surface area contributed by atoms with Crippen LogP contribution >= 0.6 is 0 Å². The third-order valence-corrected chi connectivity index (χ3v) is 1.75. The van der Waals surface area contributed by atoms with Crippen LogP contribution in [0.2, 0.25) is 0 Å². The van der Waals surface area contributed by atoms with Gasteiger partial charge in [0.1, 0.15) is 0 Å². The number of methoxy groups -OCH3 is 1. The molecule has 0 amide bonds. The number of carbonyl (C=O) groups excluding carboxylic acids is 1. The summed E-state index contributed by atoms with van der Waals surface area (Å²) < 4.78 is 4.57. The number of rotatable bonds is 3. The smallest absolute Gasteiger partial charge is 0.357 e. The van der Waals surface area contributed by atoms with Gasteiger partial charge in [0.2, 0.25) is 0 Å². The third kappa shape index (κ3) is 3.11. The number of hydrogen-bond acceptors (Lipinski definition) is 4. The molecule has 0 atom stereocenters. The van der Waals surface area contributed by atoms with Crippen molar-refractivity contribution in [2.24, 2.45) is 0 Å². The third-order valence-electron chi connectivity index (χ3n) is 1.75. The van der Waals surface area contributed by atoms with Crippen LogP contribution in [0.1, 0.15) is 22.5 Å². The molecule has 2 N–H and O–H groups in total. The Hall–Kier alpha value is -1.80. The molecule has 0 spiro atoms. The van der Waals surface area contributed by atoms with Crippen molar-refractivity contribution in [2.75, 3.05) is 20.7 Å². The first kappa shape index (κ1) is 11.3. The van der Waals surface area contributed by atoms with E-state index >= 15 is 0 Å². The fourth-order valence-corrected chi connectivity index (χ4v) is 0.984. The molecule has 0 aliphatic carbocycles. The van der Waals surface area contributed by atoms with Gasteiger partial charge in [-0.3, -0.25) is 5.10 Å². The largest absolute Gasteiger partial charge is 0.464 e.